The van der Waals surface area contributed by atoms with Crippen LogP contribution in [-0.4, -0.2) is 61.5 Å². The molecule has 1 aromatic rings. The van der Waals surface area contributed by atoms with Gasteiger partial charge in [0.15, 0.2) is 6.61 Å². The number of nitrogens with two attached hydrogens (primary N) is 1. The maximum atomic E-state index is 12.4. The Morgan fingerprint density at radius 3 is 2.78 bits per heavy atom. The zero-order valence-electron chi connectivity index (χ0n) is 15.4. The van der Waals surface area contributed by atoms with Gasteiger partial charge in [-0.25, -0.2) is 4.79 Å². The minimum atomic E-state index is -1.16. The number of rotatable bonds is 6. The largest absolute Gasteiger partial charge is 0.487 e. The summed E-state index contributed by atoms with van der Waals surface area (Å²) in [6, 6.07) is 4.69. The fraction of sp³-hybridized carbons (Fsp3) is 0.471. The standard InChI is InChI=1S/C17H23N3O7/c1-17(2,24)9-19-14(21)8-25-10-4-5-12-11(6-10)20(3)15(22)13(7-26-12)27-16(18)23/h4-6,13,24H,7-9H2,1-3H3,(H2,18,23)(H,19,21)/t13-/m0/s1. The van der Waals surface area contributed by atoms with Crippen LogP contribution in [0, 0.1) is 0 Å². The highest BCUT2D eigenvalue weighted by Crippen LogP contribution is 2.34. The molecule has 0 spiro atoms. The second-order valence-electron chi connectivity index (χ2n) is 6.64. The Morgan fingerprint density at radius 2 is 2.15 bits per heavy atom. The fourth-order valence-corrected chi connectivity index (χ4v) is 2.28. The number of nitrogens with zero attached hydrogens (tertiary/aromatic N) is 1. The summed E-state index contributed by atoms with van der Waals surface area (Å²) in [7, 11) is 1.49. The maximum Gasteiger partial charge on any atom is 0.405 e. The van der Waals surface area contributed by atoms with Gasteiger partial charge in [0.25, 0.3) is 11.8 Å². The van der Waals surface area contributed by atoms with Crippen LogP contribution in [-0.2, 0) is 14.3 Å². The lowest BCUT2D eigenvalue weighted by atomic mass is 10.1. The van der Waals surface area contributed by atoms with E-state index in [1.807, 2.05) is 0 Å². The minimum Gasteiger partial charge on any atom is -0.487 e. The molecule has 0 aliphatic carbocycles. The topological polar surface area (TPSA) is 140 Å². The number of hydrogen-bond acceptors (Lipinski definition) is 7. The Bertz CT molecular complexity index is 730. The number of carbonyl (C=O) groups excluding carboxylic acids is 3. The number of anilines is 1. The van der Waals surface area contributed by atoms with E-state index in [1.165, 1.54) is 18.0 Å². The third-order valence-corrected chi connectivity index (χ3v) is 3.63. The van der Waals surface area contributed by atoms with Crippen LogP contribution in [0.4, 0.5) is 10.5 Å². The van der Waals surface area contributed by atoms with Gasteiger partial charge in [0.05, 0.1) is 11.3 Å². The van der Waals surface area contributed by atoms with E-state index in [4.69, 9.17) is 19.9 Å². The Hall–Kier alpha value is -3.01. The average molecular weight is 381 g/mol. The number of nitrogens with one attached hydrogen (secondary N) is 1. The van der Waals surface area contributed by atoms with E-state index in [9.17, 15) is 19.5 Å². The first kappa shape index (κ1) is 20.3. The highest BCUT2D eigenvalue weighted by Gasteiger charge is 2.32. The van der Waals surface area contributed by atoms with Crippen LogP contribution >= 0.6 is 0 Å². The third-order valence-electron chi connectivity index (χ3n) is 3.63. The zero-order chi connectivity index (χ0) is 20.2. The summed E-state index contributed by atoms with van der Waals surface area (Å²) in [4.78, 5) is 36.3. The van der Waals surface area contributed by atoms with Crippen LogP contribution in [0.15, 0.2) is 18.2 Å². The molecule has 0 unspecified atom stereocenters. The van der Waals surface area contributed by atoms with Crippen LogP contribution in [0.2, 0.25) is 0 Å². The van der Waals surface area contributed by atoms with Crippen molar-refractivity contribution in [3.05, 3.63) is 18.2 Å². The second kappa shape index (κ2) is 8.12. The summed E-state index contributed by atoms with van der Waals surface area (Å²) >= 11 is 0. The van der Waals surface area contributed by atoms with E-state index >= 15 is 0 Å². The Labute approximate surface area is 156 Å². The first-order valence-corrected chi connectivity index (χ1v) is 8.19. The van der Waals surface area contributed by atoms with Crippen LogP contribution < -0.4 is 25.4 Å². The van der Waals surface area contributed by atoms with Crippen molar-refractivity contribution < 1.29 is 33.7 Å². The molecule has 1 aromatic carbocycles. The van der Waals surface area contributed by atoms with Gasteiger partial charge >= 0.3 is 6.09 Å². The van der Waals surface area contributed by atoms with Gasteiger partial charge in [-0.3, -0.25) is 9.59 Å². The molecule has 1 aliphatic heterocycles. The summed E-state index contributed by atoms with van der Waals surface area (Å²) < 4.78 is 15.7. The SMILES string of the molecule is CN1C(=O)[C@@H](OC(N)=O)COc2ccc(OCC(=O)NCC(C)(C)O)cc21. The summed E-state index contributed by atoms with van der Waals surface area (Å²) in [5, 5.41) is 12.1. The first-order valence-electron chi connectivity index (χ1n) is 8.19. The maximum absolute atomic E-state index is 12.4. The summed E-state index contributed by atoms with van der Waals surface area (Å²) in [6.45, 7) is 2.80. The van der Waals surface area contributed by atoms with Crippen molar-refractivity contribution in [1.29, 1.82) is 0 Å². The van der Waals surface area contributed by atoms with Gasteiger partial charge in [0.2, 0.25) is 6.10 Å². The summed E-state index contributed by atoms with van der Waals surface area (Å²) in [5.74, 6) is -0.180. The molecule has 4 N–H and O–H groups in total. The lowest BCUT2D eigenvalue weighted by Gasteiger charge is -2.20. The highest BCUT2D eigenvalue weighted by atomic mass is 16.6. The van der Waals surface area contributed by atoms with Crippen molar-refractivity contribution in [2.75, 3.05) is 31.7 Å². The van der Waals surface area contributed by atoms with E-state index in [0.29, 0.717) is 17.2 Å². The first-order chi connectivity index (χ1) is 12.6. The van der Waals surface area contributed by atoms with Crippen molar-refractivity contribution >= 4 is 23.6 Å². The lowest BCUT2D eigenvalue weighted by molar-refractivity contribution is -0.127. The van der Waals surface area contributed by atoms with Crippen LogP contribution in [0.25, 0.3) is 0 Å². The van der Waals surface area contributed by atoms with Gasteiger partial charge in [-0.2, -0.15) is 0 Å². The molecule has 148 valence electrons. The molecule has 1 atom stereocenters. The summed E-state index contributed by atoms with van der Waals surface area (Å²) in [6.07, 6.45) is -2.23. The van der Waals surface area contributed by atoms with Crippen molar-refractivity contribution in [2.24, 2.45) is 5.73 Å². The molecule has 0 fully saturated rings. The van der Waals surface area contributed by atoms with Crippen LogP contribution in [0.3, 0.4) is 0 Å². The molecule has 10 heteroatoms. The molecule has 27 heavy (non-hydrogen) atoms. The Kier molecular flexibility index (Phi) is 6.11. The van der Waals surface area contributed by atoms with Crippen LogP contribution in [0.1, 0.15) is 13.8 Å². The number of carbonyl (C=O) groups is 3. The Morgan fingerprint density at radius 1 is 1.44 bits per heavy atom. The lowest BCUT2D eigenvalue weighted by Crippen LogP contribution is -2.41. The van der Waals surface area contributed by atoms with E-state index in [1.54, 1.807) is 26.0 Å². The number of primary amides is 1. The molecule has 1 heterocycles. The minimum absolute atomic E-state index is 0.0890. The number of aliphatic hydroxyl groups is 1. The number of hydrogen-bond donors (Lipinski definition) is 3. The molecular formula is C17H23N3O7. The molecule has 10 nitrogen and oxygen atoms in total. The predicted molar refractivity (Wildman–Crippen MR) is 94.6 cm³/mol. The van der Waals surface area contributed by atoms with Crippen molar-refractivity contribution in [2.45, 2.75) is 25.6 Å². The van der Waals surface area contributed by atoms with E-state index in [0.717, 1.165) is 0 Å². The molecular weight excluding hydrogens is 358 g/mol. The smallest absolute Gasteiger partial charge is 0.405 e. The van der Waals surface area contributed by atoms with Gasteiger partial charge < -0.3 is 35.3 Å². The molecule has 3 amide bonds. The fourth-order valence-electron chi connectivity index (χ4n) is 2.28. The van der Waals surface area contributed by atoms with Crippen LogP contribution in [0.5, 0.6) is 11.5 Å². The monoisotopic (exact) mass is 381 g/mol. The number of amides is 3. The van der Waals surface area contributed by atoms with Gasteiger partial charge in [-0.15, -0.1) is 0 Å². The number of fused-ring (bicyclic) bond motifs is 1. The average Bonchev–Trinajstić information content (AvgIpc) is 2.69. The normalized spacial score (nSPS) is 16.7. The zero-order valence-corrected chi connectivity index (χ0v) is 15.4. The summed E-state index contributed by atoms with van der Waals surface area (Å²) in [5.41, 5.74) is 4.34. The molecule has 1 aliphatic rings. The molecule has 0 saturated carbocycles. The number of benzene rings is 1. The van der Waals surface area contributed by atoms with E-state index < -0.39 is 29.6 Å². The Balaban J connectivity index is 2.04. The van der Waals surface area contributed by atoms with E-state index in [2.05, 4.69) is 5.32 Å². The van der Waals surface area contributed by atoms with Crippen molar-refractivity contribution in [3.63, 3.8) is 0 Å². The molecule has 0 saturated heterocycles. The van der Waals surface area contributed by atoms with Gasteiger partial charge in [-0.1, -0.05) is 0 Å². The molecule has 0 bridgehead atoms. The van der Waals surface area contributed by atoms with Gasteiger partial charge in [0.1, 0.15) is 18.1 Å². The second-order valence-corrected chi connectivity index (χ2v) is 6.64. The number of likely N-dealkylation sites (N-methyl/N-ethyl adjacent to an activating group) is 1. The molecule has 0 aromatic heterocycles. The van der Waals surface area contributed by atoms with Crippen molar-refractivity contribution in [3.8, 4) is 11.5 Å². The van der Waals surface area contributed by atoms with Gasteiger partial charge in [-0.05, 0) is 26.0 Å². The molecule has 0 radical (unpaired) electrons. The number of ether oxygens (including phenoxy) is 3. The quantitative estimate of drug-likeness (QED) is 0.618. The van der Waals surface area contributed by atoms with Crippen molar-refractivity contribution in [1.82, 2.24) is 5.32 Å². The predicted octanol–water partition coefficient (Wildman–Crippen LogP) is -0.228. The van der Waals surface area contributed by atoms with Gasteiger partial charge in [0, 0.05) is 19.7 Å². The van der Waals surface area contributed by atoms with E-state index in [-0.39, 0.29) is 19.8 Å². The molecule has 2 rings (SSSR count). The highest BCUT2D eigenvalue weighted by molar-refractivity contribution is 5.99. The third kappa shape index (κ3) is 5.74.